The molecule has 1 aliphatic heterocycles. The summed E-state index contributed by atoms with van der Waals surface area (Å²) >= 11 is 0. The van der Waals surface area contributed by atoms with Crippen LogP contribution in [0, 0.1) is 0 Å². The zero-order chi connectivity index (χ0) is 15.8. The minimum Gasteiger partial charge on any atom is -0.395 e. The van der Waals surface area contributed by atoms with Gasteiger partial charge in [0.1, 0.15) is 0 Å². The van der Waals surface area contributed by atoms with Gasteiger partial charge in [0.15, 0.2) is 6.23 Å². The van der Waals surface area contributed by atoms with E-state index in [1.165, 1.54) is 0 Å². The van der Waals surface area contributed by atoms with E-state index in [4.69, 9.17) is 9.84 Å². The summed E-state index contributed by atoms with van der Waals surface area (Å²) in [5.41, 5.74) is 1.85. The van der Waals surface area contributed by atoms with Crippen LogP contribution in [-0.4, -0.2) is 43.2 Å². The highest BCUT2D eigenvalue weighted by Gasteiger charge is 2.23. The van der Waals surface area contributed by atoms with Gasteiger partial charge in [0, 0.05) is 19.6 Å². The average molecular weight is 308 g/mol. The van der Waals surface area contributed by atoms with E-state index < -0.39 is 0 Å². The number of epoxide rings is 1. The molecule has 0 radical (unpaired) electrons. The molecule has 1 fully saturated rings. The van der Waals surface area contributed by atoms with Crippen LogP contribution < -0.4 is 21.3 Å². The number of aliphatic hydroxyl groups is 1. The standard InChI is InChI=1S/C14H20N4O4/c19-5-4-15-13(20)16-7-10-2-1-3-11(6-10)8-17-14(21)18-12-9-22-12/h1-3,6,12,19H,4-5,7-9H2,(H2,15,16,20)(H2,17,18,21). The van der Waals surface area contributed by atoms with E-state index in [1.807, 2.05) is 24.3 Å². The quantitative estimate of drug-likeness (QED) is 0.442. The van der Waals surface area contributed by atoms with Crippen LogP contribution in [0.5, 0.6) is 0 Å². The molecular formula is C14H20N4O4. The van der Waals surface area contributed by atoms with Crippen molar-refractivity contribution in [1.29, 1.82) is 0 Å². The fourth-order valence-electron chi connectivity index (χ4n) is 1.77. The topological polar surface area (TPSA) is 115 Å². The van der Waals surface area contributed by atoms with Crippen LogP contribution in [0.4, 0.5) is 9.59 Å². The molecule has 22 heavy (non-hydrogen) atoms. The Labute approximate surface area is 128 Å². The molecule has 0 aliphatic carbocycles. The molecule has 1 unspecified atom stereocenters. The van der Waals surface area contributed by atoms with Crippen molar-refractivity contribution in [1.82, 2.24) is 21.3 Å². The SMILES string of the molecule is O=C(NCCO)NCc1cccc(CNC(=O)NC2CO2)c1. The highest BCUT2D eigenvalue weighted by Crippen LogP contribution is 2.06. The lowest BCUT2D eigenvalue weighted by Gasteiger charge is -2.09. The summed E-state index contributed by atoms with van der Waals surface area (Å²) in [6.07, 6.45) is -0.159. The molecule has 0 bridgehead atoms. The van der Waals surface area contributed by atoms with Crippen LogP contribution in [0.15, 0.2) is 24.3 Å². The van der Waals surface area contributed by atoms with Crippen molar-refractivity contribution in [3.8, 4) is 0 Å². The molecule has 8 nitrogen and oxygen atoms in total. The zero-order valence-corrected chi connectivity index (χ0v) is 12.1. The second-order valence-electron chi connectivity index (χ2n) is 4.80. The molecule has 1 aromatic rings. The van der Waals surface area contributed by atoms with Crippen molar-refractivity contribution in [2.24, 2.45) is 0 Å². The Bertz CT molecular complexity index is 519. The number of carbonyl (C=O) groups is 2. The zero-order valence-electron chi connectivity index (χ0n) is 12.1. The van der Waals surface area contributed by atoms with Crippen LogP contribution in [-0.2, 0) is 17.8 Å². The van der Waals surface area contributed by atoms with E-state index in [1.54, 1.807) is 0 Å². The highest BCUT2D eigenvalue weighted by molar-refractivity contribution is 5.74. The number of urea groups is 2. The number of rotatable bonds is 7. The van der Waals surface area contributed by atoms with E-state index in [-0.39, 0.29) is 31.4 Å². The third-order valence-corrected chi connectivity index (χ3v) is 2.92. The number of ether oxygens (including phenoxy) is 1. The average Bonchev–Trinajstić information content (AvgIpc) is 3.33. The van der Waals surface area contributed by atoms with Gasteiger partial charge in [-0.05, 0) is 11.1 Å². The summed E-state index contributed by atoms with van der Waals surface area (Å²) in [6, 6.07) is 6.94. The number of hydrogen-bond donors (Lipinski definition) is 5. The molecule has 2 rings (SSSR count). The molecule has 120 valence electrons. The van der Waals surface area contributed by atoms with E-state index in [0.717, 1.165) is 11.1 Å². The largest absolute Gasteiger partial charge is 0.395 e. The Morgan fingerprint density at radius 1 is 1.14 bits per heavy atom. The van der Waals surface area contributed by atoms with Crippen LogP contribution in [0.1, 0.15) is 11.1 Å². The van der Waals surface area contributed by atoms with Gasteiger partial charge >= 0.3 is 12.1 Å². The molecule has 8 heteroatoms. The molecule has 0 aromatic heterocycles. The maximum atomic E-state index is 11.5. The van der Waals surface area contributed by atoms with Crippen molar-refractivity contribution in [3.63, 3.8) is 0 Å². The Kier molecular flexibility index (Phi) is 5.99. The summed E-state index contributed by atoms with van der Waals surface area (Å²) in [6.45, 7) is 1.45. The Morgan fingerprint density at radius 2 is 1.77 bits per heavy atom. The normalized spacial score (nSPS) is 15.8. The predicted molar refractivity (Wildman–Crippen MR) is 78.9 cm³/mol. The van der Waals surface area contributed by atoms with Crippen LogP contribution in [0.2, 0.25) is 0 Å². The van der Waals surface area contributed by atoms with Crippen LogP contribution in [0.25, 0.3) is 0 Å². The van der Waals surface area contributed by atoms with Gasteiger partial charge in [-0.2, -0.15) is 0 Å². The fourth-order valence-corrected chi connectivity index (χ4v) is 1.77. The Hall–Kier alpha value is -2.32. The van der Waals surface area contributed by atoms with Crippen molar-refractivity contribution < 1.29 is 19.4 Å². The van der Waals surface area contributed by atoms with E-state index in [0.29, 0.717) is 19.7 Å². The first kappa shape index (κ1) is 16.1. The first-order valence-electron chi connectivity index (χ1n) is 7.03. The molecular weight excluding hydrogens is 288 g/mol. The van der Waals surface area contributed by atoms with Crippen molar-refractivity contribution in [2.75, 3.05) is 19.8 Å². The molecule has 1 aromatic carbocycles. The lowest BCUT2D eigenvalue weighted by molar-refractivity contribution is 0.233. The van der Waals surface area contributed by atoms with Crippen molar-refractivity contribution in [2.45, 2.75) is 19.3 Å². The predicted octanol–water partition coefficient (Wildman–Crippen LogP) is -0.366. The molecule has 0 saturated carbocycles. The smallest absolute Gasteiger partial charge is 0.317 e. The molecule has 1 aliphatic rings. The summed E-state index contributed by atoms with van der Waals surface area (Å²) in [4.78, 5) is 22.9. The molecule has 1 heterocycles. The number of nitrogens with one attached hydrogen (secondary N) is 4. The van der Waals surface area contributed by atoms with Gasteiger partial charge in [0.25, 0.3) is 0 Å². The van der Waals surface area contributed by atoms with E-state index in [9.17, 15) is 9.59 Å². The maximum absolute atomic E-state index is 11.5. The molecule has 0 spiro atoms. The Balaban J connectivity index is 1.73. The molecule has 1 atom stereocenters. The minimum atomic E-state index is -0.332. The monoisotopic (exact) mass is 308 g/mol. The summed E-state index contributed by atoms with van der Waals surface area (Å²) in [5, 5.41) is 19.2. The summed E-state index contributed by atoms with van der Waals surface area (Å²) in [5.74, 6) is 0. The van der Waals surface area contributed by atoms with Gasteiger partial charge in [0.05, 0.1) is 13.2 Å². The second-order valence-corrected chi connectivity index (χ2v) is 4.80. The fraction of sp³-hybridized carbons (Fsp3) is 0.429. The summed E-state index contributed by atoms with van der Waals surface area (Å²) < 4.78 is 4.90. The van der Waals surface area contributed by atoms with Gasteiger partial charge in [0.2, 0.25) is 0 Å². The highest BCUT2D eigenvalue weighted by atomic mass is 16.6. The van der Waals surface area contributed by atoms with Gasteiger partial charge in [-0.1, -0.05) is 24.3 Å². The third-order valence-electron chi connectivity index (χ3n) is 2.92. The molecule has 1 saturated heterocycles. The maximum Gasteiger partial charge on any atom is 0.317 e. The summed E-state index contributed by atoms with van der Waals surface area (Å²) in [7, 11) is 0. The van der Waals surface area contributed by atoms with Gasteiger partial charge in [-0.3, -0.25) is 0 Å². The first-order valence-corrected chi connectivity index (χ1v) is 7.03. The number of benzene rings is 1. The van der Waals surface area contributed by atoms with Gasteiger partial charge < -0.3 is 31.1 Å². The lowest BCUT2D eigenvalue weighted by Crippen LogP contribution is -2.37. The van der Waals surface area contributed by atoms with Crippen molar-refractivity contribution >= 4 is 12.1 Å². The second kappa shape index (κ2) is 8.20. The Morgan fingerprint density at radius 3 is 2.36 bits per heavy atom. The lowest BCUT2D eigenvalue weighted by atomic mass is 10.1. The number of amides is 4. The molecule has 4 amide bonds. The van der Waals surface area contributed by atoms with Gasteiger partial charge in [-0.15, -0.1) is 0 Å². The number of aliphatic hydroxyl groups excluding tert-OH is 1. The minimum absolute atomic E-state index is 0.0947. The van der Waals surface area contributed by atoms with Crippen molar-refractivity contribution in [3.05, 3.63) is 35.4 Å². The van der Waals surface area contributed by atoms with Crippen LogP contribution in [0.3, 0.4) is 0 Å². The first-order chi connectivity index (χ1) is 10.7. The number of carbonyl (C=O) groups excluding carboxylic acids is 2. The van der Waals surface area contributed by atoms with Gasteiger partial charge in [-0.25, -0.2) is 9.59 Å². The third kappa shape index (κ3) is 5.98. The van der Waals surface area contributed by atoms with E-state index in [2.05, 4.69) is 21.3 Å². The molecule has 5 N–H and O–H groups in total. The van der Waals surface area contributed by atoms with Crippen LogP contribution >= 0.6 is 0 Å². The number of hydrogen-bond acceptors (Lipinski definition) is 4. The van der Waals surface area contributed by atoms with E-state index >= 15 is 0 Å².